The Bertz CT molecular complexity index is 595. The van der Waals surface area contributed by atoms with Gasteiger partial charge in [-0.2, -0.15) is 0 Å². The molecule has 0 spiro atoms. The molecule has 2 N–H and O–H groups in total. The van der Waals surface area contributed by atoms with Crippen molar-refractivity contribution in [2.45, 2.75) is 58.4 Å². The Balaban J connectivity index is 0.00000392. The minimum atomic E-state index is 0. The maximum absolute atomic E-state index is 11.9. The number of hydrogen-bond donors (Lipinski definition) is 2. The van der Waals surface area contributed by atoms with Gasteiger partial charge in [-0.05, 0) is 37.0 Å². The molecule has 1 aliphatic carbocycles. The minimum absolute atomic E-state index is 0. The normalized spacial score (nSPS) is 14.5. The van der Waals surface area contributed by atoms with E-state index in [4.69, 9.17) is 0 Å². The topological polar surface area (TPSA) is 56.7 Å². The van der Waals surface area contributed by atoms with Crippen LogP contribution >= 0.6 is 24.0 Å². The molecule has 1 amide bonds. The summed E-state index contributed by atoms with van der Waals surface area (Å²) in [5.74, 6) is 1.87. The molecule has 6 heteroatoms. The second kappa shape index (κ2) is 13.8. The summed E-state index contributed by atoms with van der Waals surface area (Å²) in [5.41, 5.74) is 1.81. The number of carbonyl (C=O) groups excluding carboxylic acids is 1. The van der Waals surface area contributed by atoms with Crippen molar-refractivity contribution in [3.05, 3.63) is 35.4 Å². The van der Waals surface area contributed by atoms with E-state index >= 15 is 0 Å². The highest BCUT2D eigenvalue weighted by Gasteiger charge is 2.13. The Morgan fingerprint density at radius 2 is 1.79 bits per heavy atom. The Hall–Kier alpha value is -1.31. The van der Waals surface area contributed by atoms with Gasteiger partial charge in [-0.25, -0.2) is 4.99 Å². The van der Waals surface area contributed by atoms with E-state index in [1.54, 1.807) is 19.0 Å². The average Bonchev–Trinajstić information content (AvgIpc) is 3.19. The van der Waals surface area contributed by atoms with Crippen LogP contribution in [0.4, 0.5) is 0 Å². The fourth-order valence-corrected chi connectivity index (χ4v) is 3.59. The molecule has 0 saturated heterocycles. The number of benzene rings is 1. The number of amides is 1. The van der Waals surface area contributed by atoms with Gasteiger partial charge in [0.1, 0.15) is 0 Å². The molecule has 1 aromatic carbocycles. The van der Waals surface area contributed by atoms with Crippen LogP contribution in [0.5, 0.6) is 0 Å². The molecule has 2 rings (SSSR count). The highest BCUT2D eigenvalue weighted by atomic mass is 127. The number of aliphatic imine (C=N–C) groups is 1. The minimum Gasteiger partial charge on any atom is -0.357 e. The first-order chi connectivity index (χ1) is 13.1. The maximum Gasteiger partial charge on any atom is 0.253 e. The molecule has 0 bridgehead atoms. The summed E-state index contributed by atoms with van der Waals surface area (Å²) in [7, 11) is 3.53. The predicted molar refractivity (Wildman–Crippen MR) is 129 cm³/mol. The summed E-state index contributed by atoms with van der Waals surface area (Å²) in [5, 5.41) is 6.75. The van der Waals surface area contributed by atoms with Gasteiger partial charge in [0.15, 0.2) is 5.96 Å². The fourth-order valence-electron chi connectivity index (χ4n) is 3.59. The van der Waals surface area contributed by atoms with Crippen molar-refractivity contribution in [3.8, 4) is 0 Å². The van der Waals surface area contributed by atoms with Crippen LogP contribution in [0, 0.1) is 5.92 Å². The molecule has 1 saturated carbocycles. The van der Waals surface area contributed by atoms with E-state index in [1.807, 2.05) is 24.3 Å². The van der Waals surface area contributed by atoms with Gasteiger partial charge in [-0.15, -0.1) is 24.0 Å². The molecular formula is C22H37IN4O. The predicted octanol–water partition coefficient (Wildman–Crippen LogP) is 4.42. The zero-order chi connectivity index (χ0) is 19.5. The second-order valence-electron chi connectivity index (χ2n) is 7.66. The quantitative estimate of drug-likeness (QED) is 0.229. The molecule has 28 heavy (non-hydrogen) atoms. The number of hydrogen-bond acceptors (Lipinski definition) is 2. The lowest BCUT2D eigenvalue weighted by molar-refractivity contribution is 0.0827. The van der Waals surface area contributed by atoms with Crippen molar-refractivity contribution < 1.29 is 4.79 Å². The van der Waals surface area contributed by atoms with Gasteiger partial charge < -0.3 is 15.5 Å². The maximum atomic E-state index is 11.9. The van der Waals surface area contributed by atoms with E-state index in [0.29, 0.717) is 12.1 Å². The molecule has 1 aliphatic rings. The summed E-state index contributed by atoms with van der Waals surface area (Å²) in [6, 6.07) is 7.70. The third-order valence-corrected chi connectivity index (χ3v) is 5.18. The Kier molecular flexibility index (Phi) is 12.2. The molecule has 158 valence electrons. The van der Waals surface area contributed by atoms with Crippen LogP contribution in [0.1, 0.15) is 67.8 Å². The highest BCUT2D eigenvalue weighted by Crippen LogP contribution is 2.28. The van der Waals surface area contributed by atoms with Crippen LogP contribution < -0.4 is 10.6 Å². The molecule has 5 nitrogen and oxygen atoms in total. The molecule has 1 fully saturated rings. The first kappa shape index (κ1) is 24.7. The largest absolute Gasteiger partial charge is 0.357 e. The summed E-state index contributed by atoms with van der Waals surface area (Å²) in [6.07, 6.45) is 9.63. The van der Waals surface area contributed by atoms with Crippen LogP contribution in [-0.2, 0) is 6.54 Å². The fraction of sp³-hybridized carbons (Fsp3) is 0.636. The molecule has 0 aromatic heterocycles. The molecule has 0 aliphatic heterocycles. The van der Waals surface area contributed by atoms with E-state index in [-0.39, 0.29) is 29.9 Å². The monoisotopic (exact) mass is 500 g/mol. The third-order valence-electron chi connectivity index (χ3n) is 5.18. The van der Waals surface area contributed by atoms with E-state index in [1.165, 1.54) is 44.9 Å². The number of halogens is 1. The molecule has 0 radical (unpaired) electrons. The van der Waals surface area contributed by atoms with Gasteiger partial charge in [0.05, 0.1) is 6.54 Å². The van der Waals surface area contributed by atoms with Crippen LogP contribution in [0.3, 0.4) is 0 Å². The highest BCUT2D eigenvalue weighted by molar-refractivity contribution is 14.0. The van der Waals surface area contributed by atoms with Gasteiger partial charge in [-0.3, -0.25) is 4.79 Å². The standard InChI is InChI=1S/C22H36N4O.HI/c1-4-23-22(24-16-8-7-11-18-9-5-6-10-18)25-17-19-12-14-20(15-13-19)21(27)26(2)3;/h12-15,18H,4-11,16-17H2,1-3H3,(H2,23,24,25);1H. The Morgan fingerprint density at radius 1 is 1.11 bits per heavy atom. The zero-order valence-electron chi connectivity index (χ0n) is 17.7. The average molecular weight is 500 g/mol. The van der Waals surface area contributed by atoms with Crippen molar-refractivity contribution >= 4 is 35.8 Å². The summed E-state index contributed by atoms with van der Waals surface area (Å²) in [4.78, 5) is 18.2. The van der Waals surface area contributed by atoms with Gasteiger partial charge in [-0.1, -0.05) is 50.7 Å². The van der Waals surface area contributed by atoms with Gasteiger partial charge in [0.2, 0.25) is 0 Å². The van der Waals surface area contributed by atoms with Gasteiger partial charge >= 0.3 is 0 Å². The van der Waals surface area contributed by atoms with Crippen LogP contribution in [0.15, 0.2) is 29.3 Å². The SMILES string of the molecule is CCNC(=NCc1ccc(C(=O)N(C)C)cc1)NCCCCC1CCCC1.I. The molecule has 0 heterocycles. The lowest BCUT2D eigenvalue weighted by Crippen LogP contribution is -2.37. The van der Waals surface area contributed by atoms with Crippen LogP contribution in [0.25, 0.3) is 0 Å². The number of guanidine groups is 1. The number of rotatable bonds is 9. The molecule has 0 unspecified atom stereocenters. The summed E-state index contributed by atoms with van der Waals surface area (Å²) < 4.78 is 0. The van der Waals surface area contributed by atoms with Gasteiger partial charge in [0, 0.05) is 32.7 Å². The van der Waals surface area contributed by atoms with E-state index in [0.717, 1.165) is 30.5 Å². The lowest BCUT2D eigenvalue weighted by Gasteiger charge is -2.13. The van der Waals surface area contributed by atoms with E-state index < -0.39 is 0 Å². The van der Waals surface area contributed by atoms with Crippen LogP contribution in [0.2, 0.25) is 0 Å². The third kappa shape index (κ3) is 8.80. The van der Waals surface area contributed by atoms with Gasteiger partial charge in [0.25, 0.3) is 5.91 Å². The van der Waals surface area contributed by atoms with E-state index in [2.05, 4.69) is 22.5 Å². The molecule has 0 atom stereocenters. The van der Waals surface area contributed by atoms with Crippen molar-refractivity contribution in [1.29, 1.82) is 0 Å². The smallest absolute Gasteiger partial charge is 0.253 e. The van der Waals surface area contributed by atoms with Crippen molar-refractivity contribution in [2.24, 2.45) is 10.9 Å². The first-order valence-electron chi connectivity index (χ1n) is 10.4. The molecular weight excluding hydrogens is 463 g/mol. The lowest BCUT2D eigenvalue weighted by atomic mass is 10.0. The van der Waals surface area contributed by atoms with Crippen molar-refractivity contribution in [3.63, 3.8) is 0 Å². The zero-order valence-corrected chi connectivity index (χ0v) is 20.0. The van der Waals surface area contributed by atoms with Crippen molar-refractivity contribution in [1.82, 2.24) is 15.5 Å². The second-order valence-corrected chi connectivity index (χ2v) is 7.66. The Morgan fingerprint density at radius 3 is 2.39 bits per heavy atom. The van der Waals surface area contributed by atoms with E-state index in [9.17, 15) is 4.79 Å². The molecule has 1 aromatic rings. The van der Waals surface area contributed by atoms with Crippen LogP contribution in [-0.4, -0.2) is 44.0 Å². The van der Waals surface area contributed by atoms with Crippen molar-refractivity contribution in [2.75, 3.05) is 27.2 Å². The first-order valence-corrected chi connectivity index (χ1v) is 10.4. The number of nitrogens with one attached hydrogen (secondary N) is 2. The number of unbranched alkanes of at least 4 members (excludes halogenated alkanes) is 1. The summed E-state index contributed by atoms with van der Waals surface area (Å²) in [6.45, 7) is 4.51. The number of carbonyl (C=O) groups is 1. The number of nitrogens with zero attached hydrogens (tertiary/aromatic N) is 2. The Labute approximate surface area is 187 Å². The summed E-state index contributed by atoms with van der Waals surface area (Å²) >= 11 is 0.